The maximum atomic E-state index is 12.3. The first-order valence-electron chi connectivity index (χ1n) is 9.28. The fraction of sp³-hybridized carbons (Fsp3) is 0.526. The summed E-state index contributed by atoms with van der Waals surface area (Å²) in [6, 6.07) is 1.68. The molecule has 1 aliphatic rings. The minimum atomic E-state index is 0.0733. The fourth-order valence-corrected chi connectivity index (χ4v) is 4.30. The van der Waals surface area contributed by atoms with E-state index in [9.17, 15) is 4.79 Å². The molecule has 0 radical (unpaired) electrons. The number of hydrogen-bond acceptors (Lipinski definition) is 5. The molecule has 3 aromatic heterocycles. The summed E-state index contributed by atoms with van der Waals surface area (Å²) in [4.78, 5) is 24.9. The number of piperidine rings is 1. The quantitative estimate of drug-likeness (QED) is 0.692. The highest BCUT2D eigenvalue weighted by molar-refractivity contribution is 7.15. The van der Waals surface area contributed by atoms with E-state index in [4.69, 9.17) is 0 Å². The number of imidazole rings is 1. The van der Waals surface area contributed by atoms with Gasteiger partial charge in [0, 0.05) is 36.9 Å². The number of hydrogen-bond donors (Lipinski definition) is 0. The van der Waals surface area contributed by atoms with Gasteiger partial charge in [0.25, 0.3) is 5.56 Å². The Balaban J connectivity index is 1.32. The molecule has 0 N–H and O–H groups in total. The van der Waals surface area contributed by atoms with Crippen molar-refractivity contribution in [3.05, 3.63) is 51.9 Å². The smallest absolute Gasteiger partial charge is 0.253 e. The highest BCUT2D eigenvalue weighted by atomic mass is 32.1. The zero-order chi connectivity index (χ0) is 18.1. The van der Waals surface area contributed by atoms with Crippen LogP contribution in [0.25, 0.3) is 4.96 Å². The molecule has 4 rings (SSSR count). The molecule has 4 heterocycles. The Labute approximate surface area is 157 Å². The molecule has 0 saturated carbocycles. The molecule has 3 aromatic rings. The van der Waals surface area contributed by atoms with Crippen LogP contribution < -0.4 is 5.56 Å². The number of thiazole rings is 1. The maximum absolute atomic E-state index is 12.3. The van der Waals surface area contributed by atoms with Crippen LogP contribution in [0, 0.1) is 5.92 Å². The molecule has 1 aliphatic heterocycles. The van der Waals surface area contributed by atoms with Crippen molar-refractivity contribution in [2.24, 2.45) is 5.92 Å². The van der Waals surface area contributed by atoms with E-state index in [0.29, 0.717) is 11.8 Å². The third-order valence-corrected chi connectivity index (χ3v) is 5.95. The summed E-state index contributed by atoms with van der Waals surface area (Å²) in [6.45, 7) is 7.92. The molecule has 0 aliphatic carbocycles. The molecule has 7 heteroatoms. The van der Waals surface area contributed by atoms with Crippen molar-refractivity contribution in [1.29, 1.82) is 0 Å². The topological polar surface area (TPSA) is 55.4 Å². The Bertz CT molecular complexity index is 904. The first kappa shape index (κ1) is 17.4. The van der Waals surface area contributed by atoms with Crippen molar-refractivity contribution in [1.82, 2.24) is 23.8 Å². The molecule has 1 saturated heterocycles. The maximum Gasteiger partial charge on any atom is 0.253 e. The van der Waals surface area contributed by atoms with Gasteiger partial charge in [-0.2, -0.15) is 0 Å². The van der Waals surface area contributed by atoms with Gasteiger partial charge in [-0.05, 0) is 37.8 Å². The van der Waals surface area contributed by atoms with Crippen LogP contribution in [0.2, 0.25) is 0 Å². The molecule has 0 amide bonds. The van der Waals surface area contributed by atoms with Gasteiger partial charge in [-0.3, -0.25) is 18.7 Å². The van der Waals surface area contributed by atoms with E-state index >= 15 is 0 Å². The lowest BCUT2D eigenvalue weighted by Crippen LogP contribution is -2.36. The van der Waals surface area contributed by atoms with Crippen LogP contribution in [0.15, 0.2) is 35.0 Å². The molecule has 0 spiro atoms. The summed E-state index contributed by atoms with van der Waals surface area (Å²) >= 11 is 1.67. The average molecular weight is 372 g/mol. The molecular formula is C19H25N5OS. The Morgan fingerprint density at radius 2 is 2.12 bits per heavy atom. The summed E-state index contributed by atoms with van der Waals surface area (Å²) in [5, 5.41) is 2.06. The van der Waals surface area contributed by atoms with Crippen LogP contribution in [-0.4, -0.2) is 36.9 Å². The van der Waals surface area contributed by atoms with Crippen molar-refractivity contribution in [3.8, 4) is 0 Å². The molecule has 26 heavy (non-hydrogen) atoms. The third-order valence-electron chi connectivity index (χ3n) is 5.18. The van der Waals surface area contributed by atoms with Gasteiger partial charge >= 0.3 is 0 Å². The van der Waals surface area contributed by atoms with E-state index < -0.39 is 0 Å². The monoisotopic (exact) mass is 371 g/mol. The standard InChI is InChI=1S/C19H25N5OS/c1-14(2)17-9-18(25)24(13-20-17)10-15-3-5-22(6-4-15)11-16-12-23-7-8-26-19(23)21-16/h7-9,12-15H,3-6,10-11H2,1-2H3. The van der Waals surface area contributed by atoms with Crippen LogP contribution in [0.3, 0.4) is 0 Å². The lowest BCUT2D eigenvalue weighted by atomic mass is 9.96. The van der Waals surface area contributed by atoms with Crippen LogP contribution in [0.5, 0.6) is 0 Å². The van der Waals surface area contributed by atoms with Crippen molar-refractivity contribution in [3.63, 3.8) is 0 Å². The van der Waals surface area contributed by atoms with Crippen LogP contribution >= 0.6 is 11.3 Å². The summed E-state index contributed by atoms with van der Waals surface area (Å²) in [7, 11) is 0. The van der Waals surface area contributed by atoms with Crippen molar-refractivity contribution < 1.29 is 0 Å². The summed E-state index contributed by atoms with van der Waals surface area (Å²) in [6.07, 6.45) is 8.13. The van der Waals surface area contributed by atoms with Crippen molar-refractivity contribution in [2.75, 3.05) is 13.1 Å². The first-order valence-corrected chi connectivity index (χ1v) is 10.2. The van der Waals surface area contributed by atoms with Gasteiger partial charge < -0.3 is 0 Å². The predicted octanol–water partition coefficient (Wildman–Crippen LogP) is 2.99. The zero-order valence-electron chi connectivity index (χ0n) is 15.3. The molecule has 0 atom stereocenters. The summed E-state index contributed by atoms with van der Waals surface area (Å²) in [5.41, 5.74) is 2.09. The van der Waals surface area contributed by atoms with E-state index in [1.165, 1.54) is 0 Å². The predicted molar refractivity (Wildman–Crippen MR) is 104 cm³/mol. The molecule has 0 aromatic carbocycles. The lowest BCUT2D eigenvalue weighted by Gasteiger charge is -2.31. The van der Waals surface area contributed by atoms with E-state index in [1.807, 2.05) is 0 Å². The minimum absolute atomic E-state index is 0.0733. The second kappa shape index (κ2) is 7.32. The lowest BCUT2D eigenvalue weighted by molar-refractivity contribution is 0.165. The first-order chi connectivity index (χ1) is 12.6. The Morgan fingerprint density at radius 3 is 2.81 bits per heavy atom. The largest absolute Gasteiger partial charge is 0.299 e. The SMILES string of the molecule is CC(C)c1cc(=O)n(CC2CCN(Cc3cn4ccsc4n3)CC2)cn1. The highest BCUT2D eigenvalue weighted by Gasteiger charge is 2.21. The minimum Gasteiger partial charge on any atom is -0.299 e. The van der Waals surface area contributed by atoms with Gasteiger partial charge in [0.2, 0.25) is 0 Å². The van der Waals surface area contributed by atoms with E-state index in [2.05, 4.69) is 50.9 Å². The molecular weight excluding hydrogens is 346 g/mol. The molecule has 0 bridgehead atoms. The molecule has 138 valence electrons. The number of fused-ring (bicyclic) bond motifs is 1. The second-order valence-corrected chi connectivity index (χ2v) is 8.38. The number of rotatable bonds is 5. The van der Waals surface area contributed by atoms with Crippen molar-refractivity contribution in [2.45, 2.75) is 45.7 Å². The average Bonchev–Trinajstić information content (AvgIpc) is 3.19. The van der Waals surface area contributed by atoms with Gasteiger partial charge in [0.05, 0.1) is 17.7 Å². The van der Waals surface area contributed by atoms with Gasteiger partial charge in [-0.15, -0.1) is 11.3 Å². The molecule has 1 fully saturated rings. The Kier molecular flexibility index (Phi) is 4.91. The molecule has 0 unspecified atom stereocenters. The normalized spacial score (nSPS) is 16.7. The Morgan fingerprint density at radius 1 is 1.31 bits per heavy atom. The van der Waals surface area contributed by atoms with Gasteiger partial charge in [-0.25, -0.2) is 9.97 Å². The Hall–Kier alpha value is -1.99. The second-order valence-electron chi connectivity index (χ2n) is 7.50. The fourth-order valence-electron chi connectivity index (χ4n) is 3.58. The highest BCUT2D eigenvalue weighted by Crippen LogP contribution is 2.21. The van der Waals surface area contributed by atoms with Gasteiger partial charge in [-0.1, -0.05) is 13.8 Å². The van der Waals surface area contributed by atoms with E-state index in [0.717, 1.165) is 55.4 Å². The number of aromatic nitrogens is 4. The van der Waals surface area contributed by atoms with Crippen molar-refractivity contribution >= 4 is 16.3 Å². The van der Waals surface area contributed by atoms with Gasteiger partial charge in [0.15, 0.2) is 4.96 Å². The van der Waals surface area contributed by atoms with E-state index in [-0.39, 0.29) is 5.56 Å². The van der Waals surface area contributed by atoms with E-state index in [1.54, 1.807) is 28.3 Å². The number of nitrogens with zero attached hydrogens (tertiary/aromatic N) is 5. The van der Waals surface area contributed by atoms with Crippen LogP contribution in [-0.2, 0) is 13.1 Å². The summed E-state index contributed by atoms with van der Waals surface area (Å²) in [5.74, 6) is 0.833. The summed E-state index contributed by atoms with van der Waals surface area (Å²) < 4.78 is 3.86. The van der Waals surface area contributed by atoms with Crippen LogP contribution in [0.1, 0.15) is 44.0 Å². The van der Waals surface area contributed by atoms with Crippen LogP contribution in [0.4, 0.5) is 0 Å². The van der Waals surface area contributed by atoms with Gasteiger partial charge in [0.1, 0.15) is 0 Å². The third kappa shape index (κ3) is 3.73. The molecule has 6 nitrogen and oxygen atoms in total. The zero-order valence-corrected chi connectivity index (χ0v) is 16.2. The number of likely N-dealkylation sites (tertiary alicyclic amines) is 1.